The normalized spacial score (nSPS) is 28.2. The lowest BCUT2D eigenvalue weighted by Crippen LogP contribution is -2.48. The van der Waals surface area contributed by atoms with Crippen molar-refractivity contribution in [2.75, 3.05) is 31.6 Å². The number of nitrogens with zero attached hydrogens (tertiary/aromatic N) is 2. The van der Waals surface area contributed by atoms with E-state index in [0.29, 0.717) is 18.5 Å². The Morgan fingerprint density at radius 3 is 2.45 bits per heavy atom. The van der Waals surface area contributed by atoms with E-state index in [1.807, 2.05) is 4.90 Å². The van der Waals surface area contributed by atoms with Crippen molar-refractivity contribution < 1.29 is 13.2 Å². The van der Waals surface area contributed by atoms with Crippen molar-refractivity contribution in [2.45, 2.75) is 51.1 Å². The highest BCUT2D eigenvalue weighted by Crippen LogP contribution is 2.30. The van der Waals surface area contributed by atoms with E-state index < -0.39 is 9.84 Å². The molecule has 0 saturated carbocycles. The molecule has 0 aromatic rings. The zero-order chi connectivity index (χ0) is 14.8. The maximum Gasteiger partial charge on any atom is 0.219 e. The molecule has 0 spiro atoms. The van der Waals surface area contributed by atoms with E-state index in [0.717, 1.165) is 45.3 Å². The highest BCUT2D eigenvalue weighted by Gasteiger charge is 2.38. The van der Waals surface area contributed by atoms with Gasteiger partial charge in [0.25, 0.3) is 0 Å². The molecule has 2 atom stereocenters. The summed E-state index contributed by atoms with van der Waals surface area (Å²) in [4.78, 5) is 16.1. The van der Waals surface area contributed by atoms with Crippen LogP contribution >= 0.6 is 0 Å². The smallest absolute Gasteiger partial charge is 0.219 e. The molecule has 0 radical (unpaired) electrons. The van der Waals surface area contributed by atoms with E-state index in [4.69, 9.17) is 0 Å². The van der Waals surface area contributed by atoms with Gasteiger partial charge in [0.15, 0.2) is 0 Å². The third-order valence-corrected chi connectivity index (χ3v) is 5.55. The van der Waals surface area contributed by atoms with Crippen LogP contribution in [0.5, 0.6) is 0 Å². The maximum absolute atomic E-state index is 11.7. The number of amides is 1. The van der Waals surface area contributed by atoms with Gasteiger partial charge >= 0.3 is 0 Å². The third-order valence-electron chi connectivity index (χ3n) is 4.52. The Labute approximate surface area is 122 Å². The average Bonchev–Trinajstić information content (AvgIpc) is 2.93. The van der Waals surface area contributed by atoms with Crippen LogP contribution in [0.1, 0.15) is 39.0 Å². The predicted molar refractivity (Wildman–Crippen MR) is 79.3 cm³/mol. The first-order valence-electron chi connectivity index (χ1n) is 7.57. The van der Waals surface area contributed by atoms with Crippen LogP contribution in [0.3, 0.4) is 0 Å². The van der Waals surface area contributed by atoms with E-state index in [1.54, 1.807) is 6.92 Å². The first-order valence-corrected chi connectivity index (χ1v) is 9.63. The molecule has 116 valence electrons. The molecule has 2 rings (SSSR count). The summed E-state index contributed by atoms with van der Waals surface area (Å²) in [5, 5.41) is 0. The Balaban J connectivity index is 1.91. The van der Waals surface area contributed by atoms with Gasteiger partial charge in [0.1, 0.15) is 9.84 Å². The molecule has 6 heteroatoms. The maximum atomic E-state index is 11.7. The van der Waals surface area contributed by atoms with Gasteiger partial charge in [0.05, 0.1) is 5.75 Å². The van der Waals surface area contributed by atoms with Crippen LogP contribution in [0.4, 0.5) is 0 Å². The fraction of sp³-hybridized carbons (Fsp3) is 0.929. The summed E-state index contributed by atoms with van der Waals surface area (Å²) >= 11 is 0. The summed E-state index contributed by atoms with van der Waals surface area (Å²) in [7, 11) is -2.87. The minimum Gasteiger partial charge on any atom is -0.338 e. The monoisotopic (exact) mass is 302 g/mol. The quantitative estimate of drug-likeness (QED) is 0.757. The number of likely N-dealkylation sites (tertiary alicyclic amines) is 2. The van der Waals surface area contributed by atoms with Gasteiger partial charge in [-0.2, -0.15) is 0 Å². The van der Waals surface area contributed by atoms with Crippen LogP contribution in [0.2, 0.25) is 0 Å². The van der Waals surface area contributed by atoms with Gasteiger partial charge < -0.3 is 4.90 Å². The van der Waals surface area contributed by atoms with Crippen molar-refractivity contribution in [1.29, 1.82) is 0 Å². The minimum absolute atomic E-state index is 0.176. The summed E-state index contributed by atoms with van der Waals surface area (Å²) in [6.45, 7) is 4.41. The second-order valence-electron chi connectivity index (χ2n) is 6.15. The largest absolute Gasteiger partial charge is 0.338 e. The lowest BCUT2D eigenvalue weighted by molar-refractivity contribution is -0.130. The first kappa shape index (κ1) is 15.8. The Hall–Kier alpha value is -0.620. The van der Waals surface area contributed by atoms with Gasteiger partial charge in [0.2, 0.25) is 5.91 Å². The lowest BCUT2D eigenvalue weighted by atomic mass is 10.0. The van der Waals surface area contributed by atoms with Crippen molar-refractivity contribution in [1.82, 2.24) is 9.80 Å². The van der Waals surface area contributed by atoms with Crippen LogP contribution in [0.15, 0.2) is 0 Å². The molecule has 0 N–H and O–H groups in total. The molecular formula is C14H26N2O3S. The molecule has 2 fully saturated rings. The van der Waals surface area contributed by atoms with Crippen LogP contribution in [-0.4, -0.2) is 67.9 Å². The van der Waals surface area contributed by atoms with Gasteiger partial charge in [-0.3, -0.25) is 9.69 Å². The molecule has 1 amide bonds. The SMILES string of the molecule is CC(=O)N1CCC[C@@H]1[C@@H]1CCCN1CCCS(C)(=O)=O. The Kier molecular flexibility index (Phi) is 5.07. The Morgan fingerprint density at radius 2 is 1.80 bits per heavy atom. The highest BCUT2D eigenvalue weighted by molar-refractivity contribution is 7.90. The van der Waals surface area contributed by atoms with E-state index in [9.17, 15) is 13.2 Å². The molecule has 0 unspecified atom stereocenters. The molecule has 2 heterocycles. The molecule has 0 aromatic carbocycles. The van der Waals surface area contributed by atoms with Crippen molar-refractivity contribution in [2.24, 2.45) is 0 Å². The molecule has 20 heavy (non-hydrogen) atoms. The number of sulfone groups is 1. The second-order valence-corrected chi connectivity index (χ2v) is 8.41. The molecule has 5 nitrogen and oxygen atoms in total. The standard InChI is InChI=1S/C14H26N2O3S/c1-12(17)16-10-4-7-14(16)13-6-3-8-15(13)9-5-11-20(2,18)19/h13-14H,3-11H2,1-2H3/t13-,14+/m0/s1. The van der Waals surface area contributed by atoms with Gasteiger partial charge in [-0.1, -0.05) is 0 Å². The van der Waals surface area contributed by atoms with Crippen LogP contribution in [-0.2, 0) is 14.6 Å². The highest BCUT2D eigenvalue weighted by atomic mass is 32.2. The predicted octanol–water partition coefficient (Wildman–Crippen LogP) is 0.896. The van der Waals surface area contributed by atoms with Gasteiger partial charge in [-0.25, -0.2) is 8.42 Å². The van der Waals surface area contributed by atoms with Crippen molar-refractivity contribution >= 4 is 15.7 Å². The fourth-order valence-corrected chi connectivity index (χ4v) is 4.33. The van der Waals surface area contributed by atoms with Gasteiger partial charge in [0, 0.05) is 31.8 Å². The van der Waals surface area contributed by atoms with Crippen LogP contribution < -0.4 is 0 Å². The summed E-state index contributed by atoms with van der Waals surface area (Å²) < 4.78 is 22.4. The van der Waals surface area contributed by atoms with Gasteiger partial charge in [-0.15, -0.1) is 0 Å². The number of carbonyl (C=O) groups is 1. The first-order chi connectivity index (χ1) is 9.38. The zero-order valence-electron chi connectivity index (χ0n) is 12.5. The third kappa shape index (κ3) is 3.95. The lowest BCUT2D eigenvalue weighted by Gasteiger charge is -2.34. The average molecular weight is 302 g/mol. The van der Waals surface area contributed by atoms with E-state index in [2.05, 4.69) is 4.90 Å². The fourth-order valence-electron chi connectivity index (χ4n) is 3.68. The Morgan fingerprint density at radius 1 is 1.15 bits per heavy atom. The molecule has 2 aliphatic rings. The summed E-state index contributed by atoms with van der Waals surface area (Å²) in [5.41, 5.74) is 0. The van der Waals surface area contributed by atoms with Crippen LogP contribution in [0, 0.1) is 0 Å². The molecule has 0 aliphatic carbocycles. The topological polar surface area (TPSA) is 57.7 Å². The van der Waals surface area contributed by atoms with Crippen molar-refractivity contribution in [3.05, 3.63) is 0 Å². The van der Waals surface area contributed by atoms with Gasteiger partial charge in [-0.05, 0) is 45.2 Å². The number of hydrogen-bond acceptors (Lipinski definition) is 4. The summed E-state index contributed by atoms with van der Waals surface area (Å²) in [6, 6.07) is 0.772. The molecule has 2 aliphatic heterocycles. The van der Waals surface area contributed by atoms with Crippen molar-refractivity contribution in [3.63, 3.8) is 0 Å². The summed E-state index contributed by atoms with van der Waals surface area (Å²) in [6.07, 6.45) is 6.47. The van der Waals surface area contributed by atoms with E-state index >= 15 is 0 Å². The van der Waals surface area contributed by atoms with E-state index in [1.165, 1.54) is 6.26 Å². The number of rotatable bonds is 5. The minimum atomic E-state index is -2.87. The number of hydrogen-bond donors (Lipinski definition) is 0. The Bertz CT molecular complexity index is 449. The molecule has 0 bridgehead atoms. The number of carbonyl (C=O) groups excluding carboxylic acids is 1. The second kappa shape index (κ2) is 6.43. The molecular weight excluding hydrogens is 276 g/mol. The summed E-state index contributed by atoms with van der Waals surface area (Å²) in [5.74, 6) is 0.438. The molecule has 2 saturated heterocycles. The molecule has 0 aromatic heterocycles. The zero-order valence-corrected chi connectivity index (χ0v) is 13.4. The van der Waals surface area contributed by atoms with E-state index in [-0.39, 0.29) is 11.7 Å². The van der Waals surface area contributed by atoms with Crippen molar-refractivity contribution in [3.8, 4) is 0 Å². The van der Waals surface area contributed by atoms with Crippen LogP contribution in [0.25, 0.3) is 0 Å².